The van der Waals surface area contributed by atoms with Gasteiger partial charge in [0.1, 0.15) is 29.8 Å². The summed E-state index contributed by atoms with van der Waals surface area (Å²) < 4.78 is 52.7. The van der Waals surface area contributed by atoms with Crippen molar-refractivity contribution >= 4 is 30.7 Å². The van der Waals surface area contributed by atoms with Crippen LogP contribution in [0.5, 0.6) is 5.75 Å². The lowest BCUT2D eigenvalue weighted by atomic mass is 10.1. The van der Waals surface area contributed by atoms with Gasteiger partial charge in [0.25, 0.3) is 0 Å². The van der Waals surface area contributed by atoms with Gasteiger partial charge in [0.2, 0.25) is 0 Å². The van der Waals surface area contributed by atoms with Crippen molar-refractivity contribution in [3.05, 3.63) is 42.5 Å². The third-order valence-electron chi connectivity index (χ3n) is 5.94. The van der Waals surface area contributed by atoms with Gasteiger partial charge in [0.05, 0.1) is 19.0 Å². The van der Waals surface area contributed by atoms with E-state index in [4.69, 9.17) is 18.5 Å². The molecule has 0 saturated carbocycles. The zero-order chi connectivity index (χ0) is 29.2. The molecule has 0 aliphatic carbocycles. The highest BCUT2D eigenvalue weighted by atomic mass is 31.2. The number of nitrogens with zero attached hydrogens (tertiary/aromatic N) is 5. The Bertz CT molecular complexity index is 1370. The number of nitrogens with one attached hydrogen (secondary N) is 1. The predicted octanol–water partition coefficient (Wildman–Crippen LogP) is 2.93. The Balaban J connectivity index is 1.53. The van der Waals surface area contributed by atoms with Crippen molar-refractivity contribution in [1.29, 1.82) is 0 Å². The lowest BCUT2D eigenvalue weighted by Crippen LogP contribution is -2.37. The monoisotopic (exact) mass is 580 g/mol. The summed E-state index contributed by atoms with van der Waals surface area (Å²) in [4.78, 5) is 27.2. The second-order valence-corrected chi connectivity index (χ2v) is 11.5. The molecule has 1 fully saturated rings. The van der Waals surface area contributed by atoms with E-state index in [-0.39, 0.29) is 5.75 Å². The van der Waals surface area contributed by atoms with Crippen molar-refractivity contribution in [3.63, 3.8) is 0 Å². The van der Waals surface area contributed by atoms with E-state index in [1.54, 1.807) is 70.1 Å². The minimum absolute atomic E-state index is 0.202. The quantitative estimate of drug-likeness (QED) is 0.254. The third-order valence-corrected chi connectivity index (χ3v) is 7.58. The number of aromatic nitrogens is 4. The summed E-state index contributed by atoms with van der Waals surface area (Å²) >= 11 is 0. The molecule has 2 aromatic heterocycles. The van der Waals surface area contributed by atoms with E-state index >= 15 is 4.39 Å². The largest absolute Gasteiger partial charge is 0.462 e. The van der Waals surface area contributed by atoms with Crippen molar-refractivity contribution in [2.75, 3.05) is 25.6 Å². The summed E-state index contributed by atoms with van der Waals surface area (Å²) in [6, 6.07) is 7.12. The molecule has 0 amide bonds. The second-order valence-electron chi connectivity index (χ2n) is 9.85. The van der Waals surface area contributed by atoms with Gasteiger partial charge < -0.3 is 24.0 Å². The van der Waals surface area contributed by atoms with E-state index in [2.05, 4.69) is 20.0 Å². The number of carbonyl (C=O) groups is 1. The lowest BCUT2D eigenvalue weighted by Gasteiger charge is -2.25. The number of hydrogen-bond donors (Lipinski definition) is 2. The van der Waals surface area contributed by atoms with Gasteiger partial charge >= 0.3 is 13.7 Å². The van der Waals surface area contributed by atoms with E-state index < -0.39 is 57.1 Å². The smallest absolute Gasteiger partial charge is 0.459 e. The second kappa shape index (κ2) is 12.1. The SMILES string of the molecule is Cc1nc(N(C)C)c2ncn([C@@H]3O[C@H](COP(=O)(N[C@@H](C)C(=O)OC(C)C)Oc4ccccc4)[C@@H](O)[C@H]3F)c2n1. The Kier molecular flexibility index (Phi) is 9.06. The first kappa shape index (κ1) is 29.8. The molecule has 1 aliphatic rings. The van der Waals surface area contributed by atoms with Crippen LogP contribution in [0.25, 0.3) is 11.2 Å². The Hall–Kier alpha value is -3.16. The number of esters is 1. The Labute approximate surface area is 231 Å². The van der Waals surface area contributed by atoms with Crippen LogP contribution >= 0.6 is 7.75 Å². The molecule has 3 aromatic rings. The molecule has 15 heteroatoms. The summed E-state index contributed by atoms with van der Waals surface area (Å²) in [7, 11) is -0.646. The number of aliphatic hydroxyl groups excluding tert-OH is 1. The van der Waals surface area contributed by atoms with Crippen molar-refractivity contribution < 1.29 is 37.4 Å². The summed E-state index contributed by atoms with van der Waals surface area (Å²) in [6.07, 6.45) is -5.07. The van der Waals surface area contributed by atoms with Gasteiger partial charge in [-0.3, -0.25) is 13.9 Å². The average molecular weight is 581 g/mol. The molecule has 1 unspecified atom stereocenters. The van der Waals surface area contributed by atoms with Crippen LogP contribution in [-0.2, 0) is 23.4 Å². The minimum atomic E-state index is -4.25. The summed E-state index contributed by atoms with van der Waals surface area (Å²) in [5.41, 5.74) is 0.766. The molecule has 1 aromatic carbocycles. The van der Waals surface area contributed by atoms with Crippen LogP contribution in [0.4, 0.5) is 10.2 Å². The van der Waals surface area contributed by atoms with Gasteiger partial charge in [0.15, 0.2) is 29.4 Å². The summed E-state index contributed by atoms with van der Waals surface area (Å²) in [6.45, 7) is 5.99. The third kappa shape index (κ3) is 6.58. The molecular formula is C25H34FN6O7P. The summed E-state index contributed by atoms with van der Waals surface area (Å²) in [5.74, 6) is 0.527. The molecule has 6 atom stereocenters. The number of alkyl halides is 1. The van der Waals surface area contributed by atoms with Crippen LogP contribution in [0.1, 0.15) is 32.8 Å². The number of ether oxygens (including phenoxy) is 2. The van der Waals surface area contributed by atoms with E-state index in [9.17, 15) is 14.5 Å². The number of para-hydroxylation sites is 1. The van der Waals surface area contributed by atoms with Crippen molar-refractivity contribution in [3.8, 4) is 5.75 Å². The molecule has 0 radical (unpaired) electrons. The number of aryl methyl sites for hydroxylation is 1. The van der Waals surface area contributed by atoms with Crippen LogP contribution < -0.4 is 14.5 Å². The first-order valence-corrected chi connectivity index (χ1v) is 14.3. The number of imidazole rings is 1. The van der Waals surface area contributed by atoms with Gasteiger partial charge in [-0.25, -0.2) is 23.9 Å². The highest BCUT2D eigenvalue weighted by Crippen LogP contribution is 2.46. The fourth-order valence-electron chi connectivity index (χ4n) is 4.08. The number of hydrogen-bond acceptors (Lipinski definition) is 11. The Morgan fingerprint density at radius 2 is 1.95 bits per heavy atom. The van der Waals surface area contributed by atoms with Gasteiger partial charge in [-0.15, -0.1) is 0 Å². The minimum Gasteiger partial charge on any atom is -0.462 e. The first-order valence-electron chi connectivity index (χ1n) is 12.7. The molecule has 40 heavy (non-hydrogen) atoms. The normalized spacial score (nSPS) is 23.2. The van der Waals surface area contributed by atoms with E-state index in [0.717, 1.165) is 0 Å². The number of rotatable bonds is 11. The van der Waals surface area contributed by atoms with E-state index in [0.29, 0.717) is 22.8 Å². The number of aliphatic hydroxyl groups is 1. The highest BCUT2D eigenvalue weighted by molar-refractivity contribution is 7.52. The lowest BCUT2D eigenvalue weighted by molar-refractivity contribution is -0.149. The zero-order valence-electron chi connectivity index (χ0n) is 23.1. The van der Waals surface area contributed by atoms with Gasteiger partial charge in [0, 0.05) is 14.1 Å². The van der Waals surface area contributed by atoms with Gasteiger partial charge in [-0.1, -0.05) is 18.2 Å². The highest BCUT2D eigenvalue weighted by Gasteiger charge is 2.47. The van der Waals surface area contributed by atoms with Gasteiger partial charge in [-0.05, 0) is 39.8 Å². The average Bonchev–Trinajstić information content (AvgIpc) is 3.42. The van der Waals surface area contributed by atoms with Crippen molar-refractivity contribution in [2.24, 2.45) is 0 Å². The van der Waals surface area contributed by atoms with Crippen LogP contribution in [0, 0.1) is 6.92 Å². The molecule has 218 valence electrons. The van der Waals surface area contributed by atoms with Crippen LogP contribution in [0.15, 0.2) is 36.7 Å². The maximum atomic E-state index is 15.4. The predicted molar refractivity (Wildman–Crippen MR) is 144 cm³/mol. The molecular weight excluding hydrogens is 546 g/mol. The topological polar surface area (TPSA) is 150 Å². The number of anilines is 1. The Morgan fingerprint density at radius 1 is 1.25 bits per heavy atom. The van der Waals surface area contributed by atoms with Crippen LogP contribution in [0.2, 0.25) is 0 Å². The Morgan fingerprint density at radius 3 is 2.60 bits per heavy atom. The molecule has 3 heterocycles. The standard InChI is InChI=1S/C25H34FN6O7P/c1-14(2)37-25(34)15(3)30-40(35,39-17-10-8-7-9-11-17)36-12-18-21(33)19(26)24(38-18)32-13-27-20-22(31(5)6)28-16(4)29-23(20)32/h7-11,13-15,18-19,21,24,33H,12H2,1-6H3,(H,30,35)/t15-,18+,19+,21+,24+,40?/m0/s1. The van der Waals surface area contributed by atoms with E-state index in [1.807, 2.05) is 0 Å². The van der Waals surface area contributed by atoms with Crippen molar-refractivity contribution in [1.82, 2.24) is 24.6 Å². The molecule has 0 bridgehead atoms. The first-order chi connectivity index (χ1) is 18.9. The maximum absolute atomic E-state index is 15.4. The molecule has 2 N–H and O–H groups in total. The van der Waals surface area contributed by atoms with E-state index in [1.165, 1.54) is 17.8 Å². The number of benzene rings is 1. The number of carbonyl (C=O) groups excluding carboxylic acids is 1. The number of halogens is 1. The molecule has 4 rings (SSSR count). The fraction of sp³-hybridized carbons (Fsp3) is 0.520. The maximum Gasteiger partial charge on any atom is 0.459 e. The molecule has 0 spiro atoms. The van der Waals surface area contributed by atoms with Crippen molar-refractivity contribution in [2.45, 2.75) is 64.4 Å². The van der Waals surface area contributed by atoms with Gasteiger partial charge in [-0.2, -0.15) is 5.09 Å². The molecule has 13 nitrogen and oxygen atoms in total. The number of fused-ring (bicyclic) bond motifs is 1. The van der Waals surface area contributed by atoms with Crippen LogP contribution in [0.3, 0.4) is 0 Å². The molecule has 1 saturated heterocycles. The summed E-state index contributed by atoms with van der Waals surface area (Å²) in [5, 5.41) is 13.2. The molecule has 1 aliphatic heterocycles. The zero-order valence-corrected chi connectivity index (χ0v) is 24.0. The van der Waals surface area contributed by atoms with Crippen LogP contribution in [-0.4, -0.2) is 81.8 Å². The fourth-order valence-corrected chi connectivity index (χ4v) is 5.58.